The van der Waals surface area contributed by atoms with E-state index in [1.54, 1.807) is 11.3 Å². The van der Waals surface area contributed by atoms with Crippen LogP contribution < -0.4 is 0 Å². The molecule has 1 aliphatic heterocycles. The first-order valence-electron chi connectivity index (χ1n) is 6.13. The lowest BCUT2D eigenvalue weighted by Crippen LogP contribution is -2.43. The summed E-state index contributed by atoms with van der Waals surface area (Å²) >= 11 is 0. The number of nitrogens with zero attached hydrogens (tertiary/aromatic N) is 1. The molecule has 1 unspecified atom stereocenters. The fourth-order valence-corrected chi connectivity index (χ4v) is 2.11. The van der Waals surface area contributed by atoms with E-state index in [2.05, 4.69) is 0 Å². The smallest absolute Gasteiger partial charge is 0.228 e. The molecule has 1 fully saturated rings. The average Bonchev–Trinajstić information content (AvgIpc) is 2.38. The van der Waals surface area contributed by atoms with Gasteiger partial charge < -0.3 is 10.0 Å². The molecule has 17 heavy (non-hydrogen) atoms. The first-order chi connectivity index (χ1) is 8.27. The monoisotopic (exact) mass is 232 g/mol. The Morgan fingerprint density at radius 2 is 2.12 bits per heavy atom. The Labute approximate surface area is 102 Å². The molecule has 1 saturated heterocycles. The lowest BCUT2D eigenvalue weighted by atomic mass is 10.1. The molecule has 91 valence electrons. The van der Waals surface area contributed by atoms with E-state index in [-0.39, 0.29) is 5.91 Å². The third-order valence-corrected chi connectivity index (χ3v) is 3.11. The lowest BCUT2D eigenvalue weighted by molar-refractivity contribution is -0.140. The molecule has 0 spiro atoms. The van der Waals surface area contributed by atoms with Crippen LogP contribution in [0, 0.1) is 6.42 Å². The van der Waals surface area contributed by atoms with Crippen molar-refractivity contribution in [2.24, 2.45) is 0 Å². The van der Waals surface area contributed by atoms with Gasteiger partial charge in [0, 0.05) is 6.54 Å². The molecule has 1 atom stereocenters. The molecule has 2 rings (SSSR count). The van der Waals surface area contributed by atoms with Crippen molar-refractivity contribution in [3.63, 3.8) is 0 Å². The van der Waals surface area contributed by atoms with E-state index in [1.807, 2.05) is 30.3 Å². The second-order valence-electron chi connectivity index (χ2n) is 4.40. The molecule has 1 aromatic rings. The molecular weight excluding hydrogens is 214 g/mol. The van der Waals surface area contributed by atoms with Crippen LogP contribution in [0.2, 0.25) is 0 Å². The Morgan fingerprint density at radius 1 is 1.35 bits per heavy atom. The highest BCUT2D eigenvalue weighted by Crippen LogP contribution is 2.16. The summed E-state index contributed by atoms with van der Waals surface area (Å²) in [7, 11) is 0. The summed E-state index contributed by atoms with van der Waals surface area (Å²) in [6, 6.07) is 9.87. The van der Waals surface area contributed by atoms with Gasteiger partial charge in [-0.05, 0) is 31.2 Å². The van der Waals surface area contributed by atoms with Crippen LogP contribution in [0.1, 0.15) is 24.8 Å². The van der Waals surface area contributed by atoms with E-state index >= 15 is 0 Å². The topological polar surface area (TPSA) is 40.5 Å². The zero-order valence-electron chi connectivity index (χ0n) is 9.88. The maximum atomic E-state index is 11.9. The van der Waals surface area contributed by atoms with Crippen molar-refractivity contribution >= 4 is 5.91 Å². The number of benzene rings is 1. The van der Waals surface area contributed by atoms with Gasteiger partial charge in [0.25, 0.3) is 0 Å². The Hall–Kier alpha value is -1.35. The summed E-state index contributed by atoms with van der Waals surface area (Å²) < 4.78 is 0. The Bertz CT molecular complexity index is 364. The van der Waals surface area contributed by atoms with E-state index in [9.17, 15) is 9.90 Å². The number of carbonyl (C=O) groups excluding carboxylic acids is 1. The Morgan fingerprint density at radius 3 is 2.82 bits per heavy atom. The number of likely N-dealkylation sites (tertiary alicyclic amines) is 1. The minimum absolute atomic E-state index is 0.0546. The standard InChI is InChI=1S/C14H18NO2/c16-13-8-4-5-11-15(13)14(17)10-9-12-6-2-1-3-7-12/h1-3,6-7,10,13,16H,4-5,8-9,11H2. The van der Waals surface area contributed by atoms with Gasteiger partial charge in [-0.2, -0.15) is 0 Å². The highest BCUT2D eigenvalue weighted by molar-refractivity contribution is 5.85. The van der Waals surface area contributed by atoms with Crippen LogP contribution in [-0.2, 0) is 11.2 Å². The van der Waals surface area contributed by atoms with Gasteiger partial charge in [-0.1, -0.05) is 30.3 Å². The fraction of sp³-hybridized carbons (Fsp3) is 0.429. The molecular formula is C14H18NO2. The van der Waals surface area contributed by atoms with Crippen molar-refractivity contribution < 1.29 is 9.90 Å². The first-order valence-corrected chi connectivity index (χ1v) is 6.13. The predicted octanol–water partition coefficient (Wildman–Crippen LogP) is 1.76. The van der Waals surface area contributed by atoms with Crippen molar-refractivity contribution in [3.05, 3.63) is 42.3 Å². The third-order valence-electron chi connectivity index (χ3n) is 3.11. The molecule has 1 radical (unpaired) electrons. The van der Waals surface area contributed by atoms with Crippen LogP contribution in [0.5, 0.6) is 0 Å². The minimum atomic E-state index is -0.594. The van der Waals surface area contributed by atoms with Crippen molar-refractivity contribution in [2.45, 2.75) is 31.9 Å². The van der Waals surface area contributed by atoms with E-state index < -0.39 is 6.23 Å². The molecule has 3 heteroatoms. The number of hydrogen-bond acceptors (Lipinski definition) is 2. The summed E-state index contributed by atoms with van der Waals surface area (Å²) in [5.41, 5.74) is 1.12. The zero-order valence-corrected chi connectivity index (χ0v) is 9.88. The largest absolute Gasteiger partial charge is 0.374 e. The maximum Gasteiger partial charge on any atom is 0.228 e. The normalized spacial score (nSPS) is 20.3. The molecule has 1 amide bonds. The highest BCUT2D eigenvalue weighted by atomic mass is 16.3. The van der Waals surface area contributed by atoms with Gasteiger partial charge in [-0.15, -0.1) is 0 Å². The van der Waals surface area contributed by atoms with Crippen LogP contribution in [0.15, 0.2) is 30.3 Å². The number of aliphatic hydroxyl groups excluding tert-OH is 1. The molecule has 0 bridgehead atoms. The fourth-order valence-electron chi connectivity index (χ4n) is 2.11. The Balaban J connectivity index is 1.84. The second kappa shape index (κ2) is 5.82. The van der Waals surface area contributed by atoms with Crippen LogP contribution >= 0.6 is 0 Å². The number of aliphatic hydroxyl groups is 1. The van der Waals surface area contributed by atoms with Gasteiger partial charge in [0.1, 0.15) is 6.23 Å². The summed E-state index contributed by atoms with van der Waals surface area (Å²) in [5.74, 6) is -0.0546. The quantitative estimate of drug-likeness (QED) is 0.862. The zero-order chi connectivity index (χ0) is 12.1. The summed E-state index contributed by atoms with van der Waals surface area (Å²) in [6.07, 6.45) is 4.38. The molecule has 3 nitrogen and oxygen atoms in total. The van der Waals surface area contributed by atoms with Crippen LogP contribution in [0.3, 0.4) is 0 Å². The molecule has 1 N–H and O–H groups in total. The second-order valence-corrected chi connectivity index (χ2v) is 4.40. The highest BCUT2D eigenvalue weighted by Gasteiger charge is 2.24. The molecule has 1 heterocycles. The lowest BCUT2D eigenvalue weighted by Gasteiger charge is -2.32. The van der Waals surface area contributed by atoms with Crippen molar-refractivity contribution in [1.29, 1.82) is 0 Å². The number of rotatable bonds is 3. The molecule has 0 aromatic heterocycles. The number of carbonyl (C=O) groups is 1. The third kappa shape index (κ3) is 3.30. The van der Waals surface area contributed by atoms with Crippen LogP contribution in [0.25, 0.3) is 0 Å². The predicted molar refractivity (Wildman–Crippen MR) is 66.0 cm³/mol. The minimum Gasteiger partial charge on any atom is -0.374 e. The summed E-state index contributed by atoms with van der Waals surface area (Å²) in [5, 5.41) is 9.72. The molecule has 1 aliphatic rings. The first kappa shape index (κ1) is 12.1. The van der Waals surface area contributed by atoms with Crippen LogP contribution in [0.4, 0.5) is 0 Å². The van der Waals surface area contributed by atoms with Crippen molar-refractivity contribution in [2.75, 3.05) is 6.54 Å². The molecule has 0 aliphatic carbocycles. The van der Waals surface area contributed by atoms with Gasteiger partial charge in [0.05, 0.1) is 6.42 Å². The summed E-state index contributed by atoms with van der Waals surface area (Å²) in [6.45, 7) is 0.672. The number of hydrogen-bond donors (Lipinski definition) is 1. The van der Waals surface area contributed by atoms with Gasteiger partial charge in [0.15, 0.2) is 0 Å². The Kier molecular flexibility index (Phi) is 4.15. The van der Waals surface area contributed by atoms with Gasteiger partial charge in [0.2, 0.25) is 5.91 Å². The van der Waals surface area contributed by atoms with Crippen molar-refractivity contribution in [3.8, 4) is 0 Å². The van der Waals surface area contributed by atoms with E-state index in [1.165, 1.54) is 0 Å². The van der Waals surface area contributed by atoms with Gasteiger partial charge in [-0.3, -0.25) is 4.79 Å². The number of amides is 1. The van der Waals surface area contributed by atoms with Gasteiger partial charge >= 0.3 is 0 Å². The van der Waals surface area contributed by atoms with E-state index in [0.717, 1.165) is 18.4 Å². The SMILES string of the molecule is O=C([CH]Cc1ccccc1)N1CCCCC1O. The molecule has 1 aromatic carbocycles. The van der Waals surface area contributed by atoms with Crippen molar-refractivity contribution in [1.82, 2.24) is 4.90 Å². The molecule has 0 saturated carbocycles. The van der Waals surface area contributed by atoms with E-state index in [4.69, 9.17) is 0 Å². The average molecular weight is 232 g/mol. The maximum absolute atomic E-state index is 11.9. The van der Waals surface area contributed by atoms with Gasteiger partial charge in [-0.25, -0.2) is 0 Å². The van der Waals surface area contributed by atoms with Crippen LogP contribution in [-0.4, -0.2) is 28.7 Å². The van der Waals surface area contributed by atoms with E-state index in [0.29, 0.717) is 19.4 Å². The summed E-state index contributed by atoms with van der Waals surface area (Å²) in [4.78, 5) is 13.5. The number of piperidine rings is 1.